The molecule has 4 aromatic rings. The second-order valence-corrected chi connectivity index (χ2v) is 6.52. The molecule has 9 heteroatoms. The third-order valence-corrected chi connectivity index (χ3v) is 4.42. The number of benzene rings is 2. The van der Waals surface area contributed by atoms with Crippen LogP contribution in [0, 0.1) is 0 Å². The molecule has 3 amide bonds. The largest absolute Gasteiger partial charge is 0.334 e. The molecular formula is C21H18N6O3. The summed E-state index contributed by atoms with van der Waals surface area (Å²) >= 11 is 0. The van der Waals surface area contributed by atoms with Gasteiger partial charge in [0.1, 0.15) is 18.3 Å². The van der Waals surface area contributed by atoms with Crippen LogP contribution in [0.3, 0.4) is 0 Å². The Bertz CT molecular complexity index is 1250. The molecule has 0 saturated carbocycles. The fraction of sp³-hybridized carbons (Fsp3) is 0.0952. The Labute approximate surface area is 171 Å². The van der Waals surface area contributed by atoms with Gasteiger partial charge in [0.05, 0.1) is 11.9 Å². The van der Waals surface area contributed by atoms with Gasteiger partial charge in [0, 0.05) is 6.54 Å². The van der Waals surface area contributed by atoms with Crippen LogP contribution in [-0.4, -0.2) is 31.3 Å². The summed E-state index contributed by atoms with van der Waals surface area (Å²) in [6.45, 7) is -0.0524. The summed E-state index contributed by atoms with van der Waals surface area (Å²) in [5, 5.41) is 9.31. The van der Waals surface area contributed by atoms with Gasteiger partial charge in [-0.1, -0.05) is 48.5 Å². The number of rotatable bonds is 5. The van der Waals surface area contributed by atoms with E-state index in [2.05, 4.69) is 20.7 Å². The normalized spacial score (nSPS) is 10.7. The minimum absolute atomic E-state index is 0.280. The molecule has 0 aliphatic heterocycles. The number of nitrogens with zero attached hydrogens (tertiary/aromatic N) is 4. The first-order valence-electron chi connectivity index (χ1n) is 9.22. The van der Waals surface area contributed by atoms with Gasteiger partial charge in [-0.25, -0.2) is 14.5 Å². The van der Waals surface area contributed by atoms with Crippen molar-refractivity contribution in [2.45, 2.75) is 13.1 Å². The van der Waals surface area contributed by atoms with Crippen molar-refractivity contribution in [3.05, 3.63) is 89.1 Å². The van der Waals surface area contributed by atoms with Crippen LogP contribution >= 0.6 is 0 Å². The van der Waals surface area contributed by atoms with Gasteiger partial charge in [0.2, 0.25) is 5.91 Å². The third kappa shape index (κ3) is 4.09. The molecule has 0 fully saturated rings. The van der Waals surface area contributed by atoms with Crippen LogP contribution in [0.4, 0.5) is 4.79 Å². The number of fused-ring (bicyclic) bond motifs is 1. The number of imide groups is 1. The van der Waals surface area contributed by atoms with Gasteiger partial charge in [-0.05, 0) is 17.7 Å². The summed E-state index contributed by atoms with van der Waals surface area (Å²) in [6.07, 6.45) is 2.69. The maximum Gasteiger partial charge on any atom is 0.321 e. The third-order valence-electron chi connectivity index (χ3n) is 4.42. The van der Waals surface area contributed by atoms with E-state index in [0.29, 0.717) is 5.65 Å². The summed E-state index contributed by atoms with van der Waals surface area (Å²) in [6, 6.07) is 18.0. The summed E-state index contributed by atoms with van der Waals surface area (Å²) in [5.41, 5.74) is 1.65. The highest BCUT2D eigenvalue weighted by Gasteiger charge is 2.14. The standard InChI is InChI=1S/C21H18N6O3/c28-18(25-21(30)22-11-15-7-3-1-4-8-15)13-26-14-23-19-17(20(26)29)12-24-27(19)16-9-5-2-6-10-16/h1-10,12,14H,11,13H2,(H2,22,25,28,30). The first-order valence-corrected chi connectivity index (χ1v) is 9.22. The summed E-state index contributed by atoms with van der Waals surface area (Å²) < 4.78 is 2.69. The van der Waals surface area contributed by atoms with E-state index in [1.165, 1.54) is 12.5 Å². The predicted octanol–water partition coefficient (Wildman–Crippen LogP) is 1.61. The molecule has 2 heterocycles. The van der Waals surface area contributed by atoms with Gasteiger partial charge in [0.25, 0.3) is 5.56 Å². The van der Waals surface area contributed by atoms with Gasteiger partial charge in [-0.15, -0.1) is 0 Å². The van der Waals surface area contributed by atoms with Crippen molar-refractivity contribution in [3.63, 3.8) is 0 Å². The van der Waals surface area contributed by atoms with Crippen molar-refractivity contribution in [2.24, 2.45) is 0 Å². The number of hydrogen-bond donors (Lipinski definition) is 2. The molecule has 2 aromatic heterocycles. The highest BCUT2D eigenvalue weighted by molar-refractivity contribution is 5.94. The zero-order chi connectivity index (χ0) is 20.9. The van der Waals surface area contributed by atoms with Gasteiger partial charge in [-0.2, -0.15) is 5.10 Å². The summed E-state index contributed by atoms with van der Waals surface area (Å²) in [7, 11) is 0. The fourth-order valence-corrected chi connectivity index (χ4v) is 2.96. The molecule has 0 saturated heterocycles. The van der Waals surface area contributed by atoms with Crippen LogP contribution in [0.1, 0.15) is 5.56 Å². The molecule has 0 atom stereocenters. The second-order valence-electron chi connectivity index (χ2n) is 6.52. The van der Waals surface area contributed by atoms with E-state index < -0.39 is 17.5 Å². The molecule has 0 spiro atoms. The topological polar surface area (TPSA) is 111 Å². The average molecular weight is 402 g/mol. The maximum atomic E-state index is 12.7. The van der Waals surface area contributed by atoms with E-state index in [0.717, 1.165) is 15.8 Å². The molecule has 150 valence electrons. The highest BCUT2D eigenvalue weighted by Crippen LogP contribution is 2.12. The van der Waals surface area contributed by atoms with E-state index in [1.807, 2.05) is 60.7 Å². The van der Waals surface area contributed by atoms with Crippen LogP contribution in [0.25, 0.3) is 16.7 Å². The number of amides is 3. The number of urea groups is 1. The lowest BCUT2D eigenvalue weighted by molar-refractivity contribution is -0.120. The van der Waals surface area contributed by atoms with Crippen LogP contribution in [-0.2, 0) is 17.9 Å². The molecule has 2 N–H and O–H groups in total. The Morgan fingerprint density at radius 3 is 2.40 bits per heavy atom. The van der Waals surface area contributed by atoms with E-state index in [4.69, 9.17) is 0 Å². The minimum atomic E-state index is -0.636. The first-order chi connectivity index (χ1) is 14.6. The Morgan fingerprint density at radius 2 is 1.67 bits per heavy atom. The second kappa shape index (κ2) is 8.39. The fourth-order valence-electron chi connectivity index (χ4n) is 2.96. The number of hydrogen-bond acceptors (Lipinski definition) is 5. The van der Waals surface area contributed by atoms with Crippen molar-refractivity contribution < 1.29 is 9.59 Å². The number of carbonyl (C=O) groups excluding carboxylic acids is 2. The average Bonchev–Trinajstić information content (AvgIpc) is 3.20. The minimum Gasteiger partial charge on any atom is -0.334 e. The molecule has 0 unspecified atom stereocenters. The Morgan fingerprint density at radius 1 is 0.967 bits per heavy atom. The lowest BCUT2D eigenvalue weighted by atomic mass is 10.2. The number of nitrogens with one attached hydrogen (secondary N) is 2. The first kappa shape index (κ1) is 19.1. The zero-order valence-corrected chi connectivity index (χ0v) is 15.9. The van der Waals surface area contributed by atoms with Crippen molar-refractivity contribution >= 4 is 23.0 Å². The van der Waals surface area contributed by atoms with Crippen molar-refractivity contribution in [1.82, 2.24) is 30.0 Å². The number of aromatic nitrogens is 4. The molecule has 2 aromatic carbocycles. The van der Waals surface area contributed by atoms with Gasteiger partial charge in [-0.3, -0.25) is 19.5 Å². The Balaban J connectivity index is 1.43. The van der Waals surface area contributed by atoms with E-state index in [1.54, 1.807) is 4.68 Å². The van der Waals surface area contributed by atoms with Crippen LogP contribution in [0.15, 0.2) is 78.0 Å². The van der Waals surface area contributed by atoms with Crippen molar-refractivity contribution in [3.8, 4) is 5.69 Å². The Kier molecular flexibility index (Phi) is 5.33. The maximum absolute atomic E-state index is 12.7. The van der Waals surface area contributed by atoms with Crippen LogP contribution < -0.4 is 16.2 Å². The van der Waals surface area contributed by atoms with Crippen molar-refractivity contribution in [2.75, 3.05) is 0 Å². The van der Waals surface area contributed by atoms with Crippen LogP contribution in [0.5, 0.6) is 0 Å². The number of para-hydroxylation sites is 1. The number of carbonyl (C=O) groups is 2. The predicted molar refractivity (Wildman–Crippen MR) is 110 cm³/mol. The lowest BCUT2D eigenvalue weighted by Crippen LogP contribution is -2.41. The summed E-state index contributed by atoms with van der Waals surface area (Å²) in [5.74, 6) is -0.626. The molecule has 0 bridgehead atoms. The molecule has 0 radical (unpaired) electrons. The Hall–Kier alpha value is -4.27. The van der Waals surface area contributed by atoms with E-state index in [9.17, 15) is 14.4 Å². The van der Waals surface area contributed by atoms with Crippen LogP contribution in [0.2, 0.25) is 0 Å². The smallest absolute Gasteiger partial charge is 0.321 e. The SMILES string of the molecule is O=C(Cn1cnc2c(cnn2-c2ccccc2)c1=O)NC(=O)NCc1ccccc1. The highest BCUT2D eigenvalue weighted by atomic mass is 16.2. The molecule has 4 rings (SSSR count). The molecule has 9 nitrogen and oxygen atoms in total. The molecular weight excluding hydrogens is 384 g/mol. The zero-order valence-electron chi connectivity index (χ0n) is 15.9. The monoisotopic (exact) mass is 402 g/mol. The molecule has 30 heavy (non-hydrogen) atoms. The molecule has 0 aliphatic carbocycles. The van der Waals surface area contributed by atoms with E-state index in [-0.39, 0.29) is 18.5 Å². The molecule has 0 aliphatic rings. The van der Waals surface area contributed by atoms with E-state index >= 15 is 0 Å². The summed E-state index contributed by atoms with van der Waals surface area (Å²) in [4.78, 5) is 41.0. The lowest BCUT2D eigenvalue weighted by Gasteiger charge is -2.08. The quantitative estimate of drug-likeness (QED) is 0.527. The van der Waals surface area contributed by atoms with Gasteiger partial charge < -0.3 is 5.32 Å². The van der Waals surface area contributed by atoms with Gasteiger partial charge in [0.15, 0.2) is 5.65 Å². The van der Waals surface area contributed by atoms with Crippen molar-refractivity contribution in [1.29, 1.82) is 0 Å². The van der Waals surface area contributed by atoms with Gasteiger partial charge >= 0.3 is 6.03 Å².